The van der Waals surface area contributed by atoms with Crippen LogP contribution in [-0.2, 0) is 10.0 Å². The smallest absolute Gasteiger partial charge is 0.336 e. The number of hydrogen-bond donors (Lipinski definition) is 2. The molecule has 0 spiro atoms. The topological polar surface area (TPSA) is 113 Å². The molecule has 7 nitrogen and oxygen atoms in total. The molecule has 0 bridgehead atoms. The molecule has 30 heavy (non-hydrogen) atoms. The molecule has 3 aromatic rings. The van der Waals surface area contributed by atoms with Crippen LogP contribution in [0.1, 0.15) is 33.9 Å². The highest BCUT2D eigenvalue weighted by molar-refractivity contribution is 7.89. The third-order valence-electron chi connectivity index (χ3n) is 5.00. The van der Waals surface area contributed by atoms with E-state index in [1.54, 1.807) is 41.4 Å². The van der Waals surface area contributed by atoms with Gasteiger partial charge in [0.25, 0.3) is 0 Å². The molecule has 0 saturated heterocycles. The summed E-state index contributed by atoms with van der Waals surface area (Å²) in [6.07, 6.45) is 0.505. The van der Waals surface area contributed by atoms with Crippen LogP contribution in [-0.4, -0.2) is 25.2 Å². The molecular weight excluding hydrogens is 402 g/mol. The minimum absolute atomic E-state index is 0.000181. The van der Waals surface area contributed by atoms with Crippen molar-refractivity contribution < 1.29 is 18.3 Å². The van der Waals surface area contributed by atoms with E-state index in [1.165, 1.54) is 12.1 Å². The molecule has 0 aromatic heterocycles. The van der Waals surface area contributed by atoms with Crippen molar-refractivity contribution in [3.63, 3.8) is 0 Å². The summed E-state index contributed by atoms with van der Waals surface area (Å²) in [6.45, 7) is 0. The number of carbonyl (C=O) groups is 1. The van der Waals surface area contributed by atoms with Crippen LogP contribution in [0.15, 0.2) is 88.9 Å². The van der Waals surface area contributed by atoms with Crippen molar-refractivity contribution in [1.29, 1.82) is 0 Å². The van der Waals surface area contributed by atoms with Gasteiger partial charge in [0.2, 0.25) is 10.0 Å². The van der Waals surface area contributed by atoms with Crippen molar-refractivity contribution in [3.8, 4) is 0 Å². The molecule has 1 atom stereocenters. The lowest BCUT2D eigenvalue weighted by molar-refractivity contribution is 0.0695. The summed E-state index contributed by atoms with van der Waals surface area (Å²) < 4.78 is 23.2. The van der Waals surface area contributed by atoms with Crippen LogP contribution in [0.4, 0.5) is 5.69 Å². The summed E-state index contributed by atoms with van der Waals surface area (Å²) in [6, 6.07) is 22.2. The van der Waals surface area contributed by atoms with Gasteiger partial charge in [0.05, 0.1) is 27.9 Å². The Labute approximate surface area is 174 Å². The van der Waals surface area contributed by atoms with E-state index in [-0.39, 0.29) is 16.5 Å². The average Bonchev–Trinajstić information content (AvgIpc) is 3.19. The van der Waals surface area contributed by atoms with E-state index in [0.717, 1.165) is 11.3 Å². The molecule has 0 radical (unpaired) electrons. The maximum Gasteiger partial charge on any atom is 0.336 e. The molecule has 0 amide bonds. The van der Waals surface area contributed by atoms with E-state index in [1.807, 2.05) is 30.3 Å². The zero-order valence-corrected chi connectivity index (χ0v) is 16.7. The van der Waals surface area contributed by atoms with E-state index < -0.39 is 16.0 Å². The number of aromatic carboxylic acids is 1. The first kappa shape index (κ1) is 19.8. The fraction of sp³-hybridized carbons (Fsp3) is 0.0909. The third kappa shape index (κ3) is 3.83. The van der Waals surface area contributed by atoms with Crippen LogP contribution < -0.4 is 10.1 Å². The van der Waals surface area contributed by atoms with Gasteiger partial charge in [-0.3, -0.25) is 5.01 Å². The predicted molar refractivity (Wildman–Crippen MR) is 114 cm³/mol. The highest BCUT2D eigenvalue weighted by atomic mass is 32.2. The number of primary sulfonamides is 1. The number of nitrogens with zero attached hydrogens (tertiary/aromatic N) is 2. The second-order valence-electron chi connectivity index (χ2n) is 6.91. The molecule has 3 N–H and O–H groups in total. The van der Waals surface area contributed by atoms with Crippen LogP contribution in [0.5, 0.6) is 0 Å². The molecule has 152 valence electrons. The predicted octanol–water partition coefficient (Wildman–Crippen LogP) is 3.39. The number of sulfonamides is 1. The van der Waals surface area contributed by atoms with Gasteiger partial charge in [0.1, 0.15) is 0 Å². The number of hydrazone groups is 1. The van der Waals surface area contributed by atoms with Gasteiger partial charge in [-0.1, -0.05) is 48.5 Å². The maximum absolute atomic E-state index is 11.8. The van der Waals surface area contributed by atoms with Gasteiger partial charge < -0.3 is 5.11 Å². The Kier molecular flexibility index (Phi) is 5.11. The van der Waals surface area contributed by atoms with Gasteiger partial charge in [-0.15, -0.1) is 0 Å². The lowest BCUT2D eigenvalue weighted by Crippen LogP contribution is -2.21. The molecule has 0 fully saturated rings. The normalized spacial score (nSPS) is 16.4. The molecule has 0 unspecified atom stereocenters. The van der Waals surface area contributed by atoms with Crippen LogP contribution in [0.2, 0.25) is 0 Å². The molecule has 3 aromatic carbocycles. The van der Waals surface area contributed by atoms with E-state index in [9.17, 15) is 18.3 Å². The van der Waals surface area contributed by atoms with Crippen LogP contribution in [0.3, 0.4) is 0 Å². The quantitative estimate of drug-likeness (QED) is 0.656. The molecule has 1 aliphatic rings. The number of benzene rings is 3. The molecule has 0 aliphatic carbocycles. The summed E-state index contributed by atoms with van der Waals surface area (Å²) in [5, 5.41) is 21.3. The van der Waals surface area contributed by atoms with E-state index in [2.05, 4.69) is 0 Å². The molecule has 0 saturated carbocycles. The van der Waals surface area contributed by atoms with Gasteiger partial charge in [-0.25, -0.2) is 18.4 Å². The largest absolute Gasteiger partial charge is 0.478 e. The Bertz CT molecular complexity index is 1220. The first-order valence-corrected chi connectivity index (χ1v) is 10.8. The highest BCUT2D eigenvalue weighted by Gasteiger charge is 2.32. The average molecular weight is 421 g/mol. The SMILES string of the molecule is NS(=O)(=O)c1ccc(N2N=C(c3ccccc3)C[C@@H]2c2ccccc2C(=O)O)cc1. The number of rotatable bonds is 5. The number of anilines is 1. The summed E-state index contributed by atoms with van der Waals surface area (Å²) in [4.78, 5) is 11.8. The third-order valence-corrected chi connectivity index (χ3v) is 5.93. The van der Waals surface area contributed by atoms with Gasteiger partial charge in [-0.2, -0.15) is 5.10 Å². The number of carboxylic acids is 1. The number of nitrogens with two attached hydrogens (primary N) is 1. The lowest BCUT2D eigenvalue weighted by atomic mass is 9.94. The van der Waals surface area contributed by atoms with Gasteiger partial charge in [-0.05, 0) is 41.5 Å². The summed E-state index contributed by atoms with van der Waals surface area (Å²) in [5.74, 6) is -1.01. The van der Waals surface area contributed by atoms with Crippen molar-refractivity contribution >= 4 is 27.4 Å². The fourth-order valence-electron chi connectivity index (χ4n) is 3.57. The van der Waals surface area contributed by atoms with Crippen molar-refractivity contribution in [2.45, 2.75) is 17.4 Å². The molecule has 1 heterocycles. The van der Waals surface area contributed by atoms with Gasteiger partial charge in [0, 0.05) is 6.42 Å². The van der Waals surface area contributed by atoms with E-state index >= 15 is 0 Å². The monoisotopic (exact) mass is 421 g/mol. The first-order chi connectivity index (χ1) is 14.3. The molecule has 4 rings (SSSR count). The highest BCUT2D eigenvalue weighted by Crippen LogP contribution is 2.38. The van der Waals surface area contributed by atoms with Gasteiger partial charge in [0.15, 0.2) is 0 Å². The standard InChI is InChI=1S/C22H19N3O4S/c23-30(28,29)17-12-10-16(11-13-17)25-21(18-8-4-5-9-19(18)22(26)27)14-20(24-25)15-6-2-1-3-7-15/h1-13,21H,14H2,(H,26,27)(H2,23,28,29)/t21-/m1/s1. The second-order valence-corrected chi connectivity index (χ2v) is 8.47. The molecule has 1 aliphatic heterocycles. The Morgan fingerprint density at radius 1 is 0.967 bits per heavy atom. The first-order valence-electron chi connectivity index (χ1n) is 9.22. The Hall–Kier alpha value is -3.49. The minimum atomic E-state index is -3.81. The Balaban J connectivity index is 1.80. The molecular formula is C22H19N3O4S. The van der Waals surface area contributed by atoms with E-state index in [4.69, 9.17) is 10.2 Å². The second kappa shape index (κ2) is 7.74. The minimum Gasteiger partial charge on any atom is -0.478 e. The van der Waals surface area contributed by atoms with Crippen LogP contribution in [0, 0.1) is 0 Å². The maximum atomic E-state index is 11.8. The molecule has 8 heteroatoms. The van der Waals surface area contributed by atoms with Crippen LogP contribution >= 0.6 is 0 Å². The zero-order chi connectivity index (χ0) is 21.3. The lowest BCUT2D eigenvalue weighted by Gasteiger charge is -2.25. The summed E-state index contributed by atoms with van der Waals surface area (Å²) >= 11 is 0. The van der Waals surface area contributed by atoms with Crippen LogP contribution in [0.25, 0.3) is 0 Å². The van der Waals surface area contributed by atoms with Crippen molar-refractivity contribution in [2.75, 3.05) is 5.01 Å². The number of hydrogen-bond acceptors (Lipinski definition) is 5. The summed E-state index contributed by atoms with van der Waals surface area (Å²) in [5.41, 5.74) is 3.24. The van der Waals surface area contributed by atoms with Crippen molar-refractivity contribution in [3.05, 3.63) is 95.6 Å². The number of carboxylic acid groups (broad SMARTS) is 1. The fourth-order valence-corrected chi connectivity index (χ4v) is 4.08. The van der Waals surface area contributed by atoms with Crippen molar-refractivity contribution in [1.82, 2.24) is 0 Å². The Morgan fingerprint density at radius 2 is 1.60 bits per heavy atom. The van der Waals surface area contributed by atoms with E-state index in [0.29, 0.717) is 17.7 Å². The Morgan fingerprint density at radius 3 is 2.23 bits per heavy atom. The van der Waals surface area contributed by atoms with Gasteiger partial charge >= 0.3 is 5.97 Å². The zero-order valence-electron chi connectivity index (χ0n) is 15.8. The summed E-state index contributed by atoms with van der Waals surface area (Å²) in [7, 11) is -3.81. The van der Waals surface area contributed by atoms with Crippen molar-refractivity contribution in [2.24, 2.45) is 10.2 Å².